The van der Waals surface area contributed by atoms with Gasteiger partial charge >= 0.3 is 0 Å². The van der Waals surface area contributed by atoms with Gasteiger partial charge in [-0.15, -0.1) is 24.8 Å². The van der Waals surface area contributed by atoms with Crippen molar-refractivity contribution >= 4 is 30.7 Å². The van der Waals surface area contributed by atoms with E-state index < -0.39 is 0 Å². The zero-order valence-corrected chi connectivity index (χ0v) is 11.3. The number of halogens is 2. The third-order valence-electron chi connectivity index (χ3n) is 2.83. The fourth-order valence-electron chi connectivity index (χ4n) is 1.83. The molecule has 0 radical (unpaired) electrons. The van der Waals surface area contributed by atoms with Crippen molar-refractivity contribution in [2.24, 2.45) is 0 Å². The summed E-state index contributed by atoms with van der Waals surface area (Å²) >= 11 is 0. The number of aromatic nitrogens is 1. The van der Waals surface area contributed by atoms with Crippen LogP contribution in [-0.4, -0.2) is 42.0 Å². The van der Waals surface area contributed by atoms with Gasteiger partial charge in [0.15, 0.2) is 0 Å². The Balaban J connectivity index is 0.00000128. The number of rotatable bonds is 2. The zero-order valence-electron chi connectivity index (χ0n) is 9.63. The van der Waals surface area contributed by atoms with Gasteiger partial charge in [0, 0.05) is 37.6 Å². The number of carbonyl (C=O) groups is 1. The maximum Gasteiger partial charge on any atom is 0.253 e. The molecule has 17 heavy (non-hydrogen) atoms. The zero-order chi connectivity index (χ0) is 10.7. The molecule has 0 spiro atoms. The Morgan fingerprint density at radius 1 is 1.41 bits per heavy atom. The van der Waals surface area contributed by atoms with E-state index in [0.29, 0.717) is 11.6 Å². The molecule has 2 heterocycles. The van der Waals surface area contributed by atoms with Gasteiger partial charge in [0.25, 0.3) is 5.91 Å². The van der Waals surface area contributed by atoms with Gasteiger partial charge in [-0.25, -0.2) is 0 Å². The Labute approximate surface area is 114 Å². The van der Waals surface area contributed by atoms with Crippen LogP contribution in [0.5, 0.6) is 0 Å². The largest absolute Gasteiger partial charge is 0.337 e. The van der Waals surface area contributed by atoms with E-state index in [9.17, 15) is 4.79 Å². The summed E-state index contributed by atoms with van der Waals surface area (Å²) < 4.78 is 0. The van der Waals surface area contributed by atoms with Crippen LogP contribution in [0.1, 0.15) is 16.8 Å². The average molecular weight is 278 g/mol. The van der Waals surface area contributed by atoms with Crippen LogP contribution in [0.15, 0.2) is 24.5 Å². The van der Waals surface area contributed by atoms with E-state index >= 15 is 0 Å². The SMILES string of the molecule is CN(C(=O)c1ccncc1)C1CCNC1.Cl.Cl. The lowest BCUT2D eigenvalue weighted by Gasteiger charge is -2.23. The quantitative estimate of drug-likeness (QED) is 0.888. The molecule has 2 rings (SSSR count). The summed E-state index contributed by atoms with van der Waals surface area (Å²) in [7, 11) is 1.86. The summed E-state index contributed by atoms with van der Waals surface area (Å²) in [6, 6.07) is 3.83. The minimum Gasteiger partial charge on any atom is -0.337 e. The minimum absolute atomic E-state index is 0. The molecule has 0 bridgehead atoms. The minimum atomic E-state index is 0. The van der Waals surface area contributed by atoms with Gasteiger partial charge in [0.2, 0.25) is 0 Å². The Morgan fingerprint density at radius 2 is 2.06 bits per heavy atom. The number of carbonyl (C=O) groups excluding carboxylic acids is 1. The van der Waals surface area contributed by atoms with Gasteiger partial charge in [-0.3, -0.25) is 9.78 Å². The molecule has 1 aliphatic heterocycles. The van der Waals surface area contributed by atoms with Gasteiger partial charge in [-0.2, -0.15) is 0 Å². The molecule has 1 aromatic heterocycles. The lowest BCUT2D eigenvalue weighted by Crippen LogP contribution is -2.38. The third kappa shape index (κ3) is 3.84. The van der Waals surface area contributed by atoms with Crippen LogP contribution in [0, 0.1) is 0 Å². The number of pyridine rings is 1. The molecule has 1 N–H and O–H groups in total. The Hall–Kier alpha value is -0.840. The first kappa shape index (κ1) is 16.2. The van der Waals surface area contributed by atoms with Crippen molar-refractivity contribution < 1.29 is 4.79 Å². The van der Waals surface area contributed by atoms with E-state index in [1.807, 2.05) is 11.9 Å². The van der Waals surface area contributed by atoms with E-state index in [4.69, 9.17) is 0 Å². The molecule has 1 saturated heterocycles. The highest BCUT2D eigenvalue weighted by Crippen LogP contribution is 2.10. The molecule has 0 aliphatic carbocycles. The van der Waals surface area contributed by atoms with E-state index in [1.54, 1.807) is 24.5 Å². The number of hydrogen-bond donors (Lipinski definition) is 1. The van der Waals surface area contributed by atoms with E-state index in [0.717, 1.165) is 19.5 Å². The van der Waals surface area contributed by atoms with Crippen LogP contribution >= 0.6 is 24.8 Å². The molecular weight excluding hydrogens is 261 g/mol. The summed E-state index contributed by atoms with van der Waals surface area (Å²) in [5.74, 6) is 0.0751. The van der Waals surface area contributed by atoms with Crippen molar-refractivity contribution in [2.45, 2.75) is 12.5 Å². The molecule has 1 aliphatic rings. The lowest BCUT2D eigenvalue weighted by molar-refractivity contribution is 0.0743. The first-order valence-corrected chi connectivity index (χ1v) is 5.17. The molecule has 0 aromatic carbocycles. The van der Waals surface area contributed by atoms with Crippen molar-refractivity contribution in [1.82, 2.24) is 15.2 Å². The van der Waals surface area contributed by atoms with E-state index in [1.165, 1.54) is 0 Å². The Morgan fingerprint density at radius 3 is 2.59 bits per heavy atom. The molecule has 1 fully saturated rings. The normalized spacial score (nSPS) is 17.8. The maximum atomic E-state index is 12.0. The number of likely N-dealkylation sites (N-methyl/N-ethyl adjacent to an activating group) is 1. The molecule has 4 nitrogen and oxygen atoms in total. The fourth-order valence-corrected chi connectivity index (χ4v) is 1.83. The highest BCUT2D eigenvalue weighted by molar-refractivity contribution is 5.94. The number of amides is 1. The van der Waals surface area contributed by atoms with Gasteiger partial charge in [0.05, 0.1) is 0 Å². The van der Waals surface area contributed by atoms with Crippen LogP contribution in [0.3, 0.4) is 0 Å². The second kappa shape index (κ2) is 7.48. The lowest BCUT2D eigenvalue weighted by atomic mass is 10.2. The van der Waals surface area contributed by atoms with Crippen LogP contribution in [0.25, 0.3) is 0 Å². The Bertz CT molecular complexity index is 342. The predicted octanol–water partition coefficient (Wildman–Crippen LogP) is 1.36. The topological polar surface area (TPSA) is 45.2 Å². The standard InChI is InChI=1S/C11H15N3O.2ClH/c1-14(10-4-7-13-8-10)11(15)9-2-5-12-6-3-9;;/h2-3,5-6,10,13H,4,7-8H2,1H3;2*1H. The molecule has 1 amide bonds. The number of nitrogens with one attached hydrogen (secondary N) is 1. The van der Waals surface area contributed by atoms with Gasteiger partial charge in [0.1, 0.15) is 0 Å². The maximum absolute atomic E-state index is 12.0. The second-order valence-corrected chi connectivity index (χ2v) is 3.80. The van der Waals surface area contributed by atoms with Crippen molar-refractivity contribution in [3.05, 3.63) is 30.1 Å². The van der Waals surface area contributed by atoms with Crippen LogP contribution in [-0.2, 0) is 0 Å². The first-order valence-electron chi connectivity index (χ1n) is 5.17. The van der Waals surface area contributed by atoms with Gasteiger partial charge in [-0.05, 0) is 25.1 Å². The van der Waals surface area contributed by atoms with Crippen molar-refractivity contribution in [3.8, 4) is 0 Å². The van der Waals surface area contributed by atoms with Crippen LogP contribution < -0.4 is 5.32 Å². The molecule has 1 atom stereocenters. The Kier molecular flexibility index (Phi) is 7.11. The predicted molar refractivity (Wildman–Crippen MR) is 72.1 cm³/mol. The highest BCUT2D eigenvalue weighted by Gasteiger charge is 2.23. The molecule has 96 valence electrons. The number of hydrogen-bond acceptors (Lipinski definition) is 3. The summed E-state index contributed by atoms with van der Waals surface area (Å²) in [6.45, 7) is 1.89. The monoisotopic (exact) mass is 277 g/mol. The molecular formula is C11H17Cl2N3O. The second-order valence-electron chi connectivity index (χ2n) is 3.80. The van der Waals surface area contributed by atoms with Gasteiger partial charge < -0.3 is 10.2 Å². The molecule has 0 saturated carbocycles. The van der Waals surface area contributed by atoms with Crippen molar-refractivity contribution in [1.29, 1.82) is 0 Å². The highest BCUT2D eigenvalue weighted by atomic mass is 35.5. The summed E-state index contributed by atoms with van der Waals surface area (Å²) in [4.78, 5) is 17.7. The molecule has 1 aromatic rings. The van der Waals surface area contributed by atoms with E-state index in [-0.39, 0.29) is 30.7 Å². The van der Waals surface area contributed by atoms with Crippen molar-refractivity contribution in [2.75, 3.05) is 20.1 Å². The van der Waals surface area contributed by atoms with E-state index in [2.05, 4.69) is 10.3 Å². The molecule has 1 unspecified atom stereocenters. The summed E-state index contributed by atoms with van der Waals surface area (Å²) in [6.07, 6.45) is 4.33. The summed E-state index contributed by atoms with van der Waals surface area (Å²) in [5.41, 5.74) is 0.708. The number of nitrogens with zero attached hydrogens (tertiary/aromatic N) is 2. The average Bonchev–Trinajstić information content (AvgIpc) is 2.82. The summed E-state index contributed by atoms with van der Waals surface area (Å²) in [5, 5.41) is 3.25. The van der Waals surface area contributed by atoms with Crippen LogP contribution in [0.4, 0.5) is 0 Å². The fraction of sp³-hybridized carbons (Fsp3) is 0.455. The van der Waals surface area contributed by atoms with Gasteiger partial charge in [-0.1, -0.05) is 0 Å². The van der Waals surface area contributed by atoms with Crippen molar-refractivity contribution in [3.63, 3.8) is 0 Å². The third-order valence-corrected chi connectivity index (χ3v) is 2.83. The molecule has 6 heteroatoms. The smallest absolute Gasteiger partial charge is 0.253 e. The first-order chi connectivity index (χ1) is 7.29. The van der Waals surface area contributed by atoms with Crippen LogP contribution in [0.2, 0.25) is 0 Å².